The zero-order valence-corrected chi connectivity index (χ0v) is 11.6. The van der Waals surface area contributed by atoms with Crippen LogP contribution in [0.3, 0.4) is 0 Å². The molecule has 0 saturated heterocycles. The first-order valence-electron chi connectivity index (χ1n) is 5.08. The Kier molecular flexibility index (Phi) is 3.93. The summed E-state index contributed by atoms with van der Waals surface area (Å²) < 4.78 is 13.9. The molecule has 2 aromatic rings. The van der Waals surface area contributed by atoms with Crippen molar-refractivity contribution in [2.45, 2.75) is 13.0 Å². The lowest BCUT2D eigenvalue weighted by Crippen LogP contribution is -2.28. The summed E-state index contributed by atoms with van der Waals surface area (Å²) in [5, 5.41) is 2.03. The number of nitrogens with one attached hydrogen (secondary N) is 1. The fraction of sp³-hybridized carbons (Fsp3) is 0.167. The minimum absolute atomic E-state index is 0.178. The fourth-order valence-corrected chi connectivity index (χ4v) is 2.67. The van der Waals surface area contributed by atoms with Crippen LogP contribution in [0.15, 0.2) is 34.1 Å². The van der Waals surface area contributed by atoms with Crippen LogP contribution in [-0.2, 0) is 0 Å². The molecule has 5 heteroatoms. The maximum absolute atomic E-state index is 13.5. The summed E-state index contributed by atoms with van der Waals surface area (Å²) in [4.78, 5) is 1.21. The molecule has 0 saturated carbocycles. The third-order valence-corrected chi connectivity index (χ3v) is 4.05. The summed E-state index contributed by atoms with van der Waals surface area (Å²) in [5.74, 6) is 5.27. The van der Waals surface area contributed by atoms with E-state index in [9.17, 15) is 4.39 Å². The maximum Gasteiger partial charge on any atom is 0.137 e. The number of nitrogens with two attached hydrogens (primary N) is 1. The zero-order chi connectivity index (χ0) is 12.4. The Hall–Kier alpha value is -0.750. The van der Waals surface area contributed by atoms with E-state index in [0.29, 0.717) is 4.47 Å². The number of aryl methyl sites for hydroxylation is 1. The molecule has 0 amide bonds. The first-order chi connectivity index (χ1) is 8.11. The van der Waals surface area contributed by atoms with E-state index in [2.05, 4.69) is 27.4 Å². The van der Waals surface area contributed by atoms with Gasteiger partial charge in [0.05, 0.1) is 10.5 Å². The van der Waals surface area contributed by atoms with E-state index < -0.39 is 0 Å². The van der Waals surface area contributed by atoms with E-state index in [-0.39, 0.29) is 11.9 Å². The van der Waals surface area contributed by atoms with Gasteiger partial charge in [0.25, 0.3) is 0 Å². The predicted molar refractivity (Wildman–Crippen MR) is 72.3 cm³/mol. The highest BCUT2D eigenvalue weighted by Gasteiger charge is 2.15. The van der Waals surface area contributed by atoms with Crippen LogP contribution in [0.1, 0.15) is 22.0 Å². The molecule has 3 N–H and O–H groups in total. The van der Waals surface area contributed by atoms with Crippen molar-refractivity contribution in [1.82, 2.24) is 5.43 Å². The van der Waals surface area contributed by atoms with Gasteiger partial charge in [0.1, 0.15) is 5.82 Å². The molecule has 2 nitrogen and oxygen atoms in total. The Bertz CT molecular complexity index is 527. The molecule has 2 rings (SSSR count). The summed E-state index contributed by atoms with van der Waals surface area (Å²) in [5.41, 5.74) is 4.58. The molecule has 0 aliphatic heterocycles. The molecule has 1 heterocycles. The Morgan fingerprint density at radius 2 is 2.12 bits per heavy atom. The molecular formula is C12H12BrFN2S. The quantitative estimate of drug-likeness (QED) is 0.672. The largest absolute Gasteiger partial charge is 0.271 e. The SMILES string of the molecule is Cc1cc(C(NN)c2ccc(Br)c(F)c2)cs1. The second kappa shape index (κ2) is 5.27. The molecule has 90 valence electrons. The van der Waals surface area contributed by atoms with Crippen LogP contribution in [0.25, 0.3) is 0 Å². The van der Waals surface area contributed by atoms with E-state index in [0.717, 1.165) is 11.1 Å². The molecule has 1 atom stereocenters. The smallest absolute Gasteiger partial charge is 0.137 e. The van der Waals surface area contributed by atoms with Crippen LogP contribution in [0, 0.1) is 12.7 Å². The molecule has 0 fully saturated rings. The standard InChI is InChI=1S/C12H12BrFN2S/c1-7-4-9(6-17-7)12(16-15)8-2-3-10(13)11(14)5-8/h2-6,12,16H,15H2,1H3. The highest BCUT2D eigenvalue weighted by atomic mass is 79.9. The van der Waals surface area contributed by atoms with Gasteiger partial charge in [-0.25, -0.2) is 9.82 Å². The minimum atomic E-state index is -0.283. The summed E-state index contributed by atoms with van der Waals surface area (Å²) in [6, 6.07) is 6.90. The summed E-state index contributed by atoms with van der Waals surface area (Å²) >= 11 is 4.79. The number of hydrogen-bond acceptors (Lipinski definition) is 3. The van der Waals surface area contributed by atoms with Gasteiger partial charge in [-0.15, -0.1) is 11.3 Å². The van der Waals surface area contributed by atoms with Crippen molar-refractivity contribution in [3.8, 4) is 0 Å². The van der Waals surface area contributed by atoms with Gasteiger partial charge in [0.15, 0.2) is 0 Å². The van der Waals surface area contributed by atoms with Crippen LogP contribution in [0.4, 0.5) is 4.39 Å². The molecule has 0 bridgehead atoms. The molecule has 0 radical (unpaired) electrons. The summed E-state index contributed by atoms with van der Waals surface area (Å²) in [6.45, 7) is 2.03. The lowest BCUT2D eigenvalue weighted by Gasteiger charge is -2.15. The van der Waals surface area contributed by atoms with E-state index in [1.165, 1.54) is 10.9 Å². The van der Waals surface area contributed by atoms with E-state index in [1.807, 2.05) is 18.4 Å². The van der Waals surface area contributed by atoms with Crippen molar-refractivity contribution in [2.24, 2.45) is 5.84 Å². The summed E-state index contributed by atoms with van der Waals surface area (Å²) in [7, 11) is 0. The molecule has 1 aromatic heterocycles. The second-order valence-corrected chi connectivity index (χ2v) is 5.73. The van der Waals surface area contributed by atoms with Gasteiger partial charge in [-0.1, -0.05) is 6.07 Å². The van der Waals surface area contributed by atoms with Crippen LogP contribution in [0.5, 0.6) is 0 Å². The van der Waals surface area contributed by atoms with Crippen molar-refractivity contribution in [2.75, 3.05) is 0 Å². The second-order valence-electron chi connectivity index (χ2n) is 3.76. The van der Waals surface area contributed by atoms with Crippen molar-refractivity contribution < 1.29 is 4.39 Å². The maximum atomic E-state index is 13.5. The molecule has 17 heavy (non-hydrogen) atoms. The molecule has 1 aromatic carbocycles. The van der Waals surface area contributed by atoms with Crippen LogP contribution in [0.2, 0.25) is 0 Å². The van der Waals surface area contributed by atoms with E-state index >= 15 is 0 Å². The van der Waals surface area contributed by atoms with Crippen LogP contribution < -0.4 is 11.3 Å². The first-order valence-corrected chi connectivity index (χ1v) is 6.75. The molecular weight excluding hydrogens is 303 g/mol. The van der Waals surface area contributed by atoms with E-state index in [4.69, 9.17) is 5.84 Å². The highest BCUT2D eigenvalue weighted by molar-refractivity contribution is 9.10. The normalized spacial score (nSPS) is 12.7. The van der Waals surface area contributed by atoms with Crippen molar-refractivity contribution >= 4 is 27.3 Å². The Balaban J connectivity index is 2.38. The van der Waals surface area contributed by atoms with Gasteiger partial charge >= 0.3 is 0 Å². The Labute approximate surface area is 112 Å². The van der Waals surface area contributed by atoms with Gasteiger partial charge in [0, 0.05) is 4.88 Å². The van der Waals surface area contributed by atoms with Crippen molar-refractivity contribution in [3.63, 3.8) is 0 Å². The number of hydrazine groups is 1. The third kappa shape index (κ3) is 2.74. The number of benzene rings is 1. The monoisotopic (exact) mass is 314 g/mol. The molecule has 0 aliphatic rings. The van der Waals surface area contributed by atoms with Gasteiger partial charge in [-0.2, -0.15) is 0 Å². The average molecular weight is 315 g/mol. The number of thiophene rings is 1. The van der Waals surface area contributed by atoms with E-state index in [1.54, 1.807) is 17.4 Å². The Morgan fingerprint density at radius 3 is 2.65 bits per heavy atom. The van der Waals surface area contributed by atoms with Crippen molar-refractivity contribution in [3.05, 3.63) is 55.9 Å². The topological polar surface area (TPSA) is 38.0 Å². The molecule has 0 spiro atoms. The van der Waals surface area contributed by atoms with Crippen molar-refractivity contribution in [1.29, 1.82) is 0 Å². The van der Waals surface area contributed by atoms with Gasteiger partial charge in [-0.05, 0) is 57.6 Å². The molecule has 1 unspecified atom stereocenters. The van der Waals surface area contributed by atoms with Crippen LogP contribution in [-0.4, -0.2) is 0 Å². The Morgan fingerprint density at radius 1 is 1.35 bits per heavy atom. The lowest BCUT2D eigenvalue weighted by molar-refractivity contribution is 0.601. The van der Waals surface area contributed by atoms with Gasteiger partial charge in [-0.3, -0.25) is 5.84 Å². The van der Waals surface area contributed by atoms with Crippen LogP contribution >= 0.6 is 27.3 Å². The number of halogens is 2. The highest BCUT2D eigenvalue weighted by Crippen LogP contribution is 2.27. The zero-order valence-electron chi connectivity index (χ0n) is 9.21. The fourth-order valence-electron chi connectivity index (χ4n) is 1.69. The number of rotatable bonds is 3. The number of hydrogen-bond donors (Lipinski definition) is 2. The molecule has 0 aliphatic carbocycles. The lowest BCUT2D eigenvalue weighted by atomic mass is 10.0. The summed E-state index contributed by atoms with van der Waals surface area (Å²) in [6.07, 6.45) is 0. The first kappa shape index (κ1) is 12.7. The average Bonchev–Trinajstić information content (AvgIpc) is 2.71. The third-order valence-electron chi connectivity index (χ3n) is 2.53. The minimum Gasteiger partial charge on any atom is -0.271 e. The predicted octanol–water partition coefficient (Wildman–Crippen LogP) is 3.51. The van der Waals surface area contributed by atoms with Gasteiger partial charge in [0.2, 0.25) is 0 Å². The van der Waals surface area contributed by atoms with Gasteiger partial charge < -0.3 is 0 Å².